The number of carbonyl (C=O) groups excluding carboxylic acids is 2. The fourth-order valence-electron chi connectivity index (χ4n) is 4.90. The van der Waals surface area contributed by atoms with Crippen molar-refractivity contribution in [1.82, 2.24) is 30.7 Å². The summed E-state index contributed by atoms with van der Waals surface area (Å²) in [7, 11) is 1.42. The zero-order valence-corrected chi connectivity index (χ0v) is 18.5. The number of aromatic nitrogens is 3. The van der Waals surface area contributed by atoms with E-state index in [1.165, 1.54) is 19.2 Å². The number of amides is 2. The van der Waals surface area contributed by atoms with Gasteiger partial charge in [-0.2, -0.15) is 5.10 Å². The van der Waals surface area contributed by atoms with Gasteiger partial charge in [-0.15, -0.1) is 0 Å². The van der Waals surface area contributed by atoms with Crippen molar-refractivity contribution in [2.75, 3.05) is 26.7 Å². The van der Waals surface area contributed by atoms with Crippen LogP contribution in [0.3, 0.4) is 0 Å². The van der Waals surface area contributed by atoms with Gasteiger partial charge in [0.25, 0.3) is 11.8 Å². The van der Waals surface area contributed by atoms with E-state index >= 15 is 0 Å². The number of aromatic amines is 1. The highest BCUT2D eigenvalue weighted by atomic mass is 19.3. The third-order valence-corrected chi connectivity index (χ3v) is 7.00. The molecule has 0 radical (unpaired) electrons. The van der Waals surface area contributed by atoms with Crippen molar-refractivity contribution in [1.29, 1.82) is 0 Å². The molecular formula is C22H25F3N6O3. The first-order valence-electron chi connectivity index (χ1n) is 11.2. The molecule has 2 aliphatic heterocycles. The van der Waals surface area contributed by atoms with Crippen molar-refractivity contribution in [3.8, 4) is 17.1 Å². The van der Waals surface area contributed by atoms with E-state index in [1.807, 2.05) is 0 Å². The van der Waals surface area contributed by atoms with Crippen LogP contribution in [0, 0.1) is 11.7 Å². The number of nitrogens with zero attached hydrogens (tertiary/aromatic N) is 3. The van der Waals surface area contributed by atoms with Crippen molar-refractivity contribution in [3.05, 3.63) is 29.8 Å². The van der Waals surface area contributed by atoms with E-state index in [1.54, 1.807) is 4.90 Å². The summed E-state index contributed by atoms with van der Waals surface area (Å²) in [6.45, 7) is -0.0908. The Morgan fingerprint density at radius 2 is 2.09 bits per heavy atom. The maximum absolute atomic E-state index is 14.2. The molecule has 182 valence electrons. The first kappa shape index (κ1) is 22.6. The molecule has 1 aliphatic carbocycles. The van der Waals surface area contributed by atoms with Gasteiger partial charge in [0.05, 0.1) is 25.5 Å². The SMILES string of the molecule is COc1cc(-c2cc(C(=O)N3CCC(C(=O)NC4CNCC4(F)F)CC34CC4)[nH]n2)c(F)cn1. The molecule has 1 saturated carbocycles. The lowest BCUT2D eigenvalue weighted by Gasteiger charge is -2.39. The Kier molecular flexibility index (Phi) is 5.50. The molecule has 5 rings (SSSR count). The third kappa shape index (κ3) is 3.99. The second-order valence-corrected chi connectivity index (χ2v) is 9.20. The average molecular weight is 478 g/mol. The molecule has 2 aromatic heterocycles. The van der Waals surface area contributed by atoms with E-state index in [-0.39, 0.29) is 35.3 Å². The Bertz CT molecular complexity index is 1120. The number of alkyl halides is 2. The predicted molar refractivity (Wildman–Crippen MR) is 114 cm³/mol. The van der Waals surface area contributed by atoms with Crippen LogP contribution in [0.4, 0.5) is 13.2 Å². The van der Waals surface area contributed by atoms with Crippen LogP contribution < -0.4 is 15.4 Å². The highest BCUT2D eigenvalue weighted by Crippen LogP contribution is 2.50. The number of ether oxygens (including phenoxy) is 1. The van der Waals surface area contributed by atoms with E-state index in [2.05, 4.69) is 25.8 Å². The van der Waals surface area contributed by atoms with Gasteiger partial charge >= 0.3 is 0 Å². The number of halogens is 3. The van der Waals surface area contributed by atoms with Crippen LogP contribution in [-0.4, -0.2) is 76.1 Å². The molecule has 3 N–H and O–H groups in total. The van der Waals surface area contributed by atoms with Crippen LogP contribution in [0.1, 0.15) is 36.2 Å². The summed E-state index contributed by atoms with van der Waals surface area (Å²) in [5.74, 6) is -4.46. The molecule has 9 nitrogen and oxygen atoms in total. The molecule has 12 heteroatoms. The van der Waals surface area contributed by atoms with E-state index < -0.39 is 41.7 Å². The smallest absolute Gasteiger partial charge is 0.281 e. The molecule has 3 fully saturated rings. The molecule has 0 aromatic carbocycles. The van der Waals surface area contributed by atoms with Gasteiger partial charge in [-0.05, 0) is 31.7 Å². The van der Waals surface area contributed by atoms with Crippen LogP contribution in [0.15, 0.2) is 18.3 Å². The maximum Gasteiger partial charge on any atom is 0.281 e. The minimum absolute atomic E-state index is 0.0350. The number of nitrogens with one attached hydrogen (secondary N) is 3. The summed E-state index contributed by atoms with van der Waals surface area (Å²) in [4.78, 5) is 31.5. The molecule has 1 spiro atoms. The summed E-state index contributed by atoms with van der Waals surface area (Å²) in [6, 6.07) is 1.66. The number of rotatable bonds is 5. The molecular weight excluding hydrogens is 453 g/mol. The second kappa shape index (κ2) is 8.26. The van der Waals surface area contributed by atoms with Gasteiger partial charge in [-0.25, -0.2) is 18.2 Å². The minimum Gasteiger partial charge on any atom is -0.481 e. The summed E-state index contributed by atoms with van der Waals surface area (Å²) in [5, 5.41) is 11.9. The Balaban J connectivity index is 1.27. The van der Waals surface area contributed by atoms with E-state index in [9.17, 15) is 22.8 Å². The van der Waals surface area contributed by atoms with Gasteiger partial charge in [0.1, 0.15) is 11.7 Å². The largest absolute Gasteiger partial charge is 0.481 e. The summed E-state index contributed by atoms with van der Waals surface area (Å²) < 4.78 is 47.0. The number of hydrogen-bond acceptors (Lipinski definition) is 6. The van der Waals surface area contributed by atoms with Crippen LogP contribution in [0.25, 0.3) is 11.3 Å². The molecule has 0 bridgehead atoms. The molecule has 34 heavy (non-hydrogen) atoms. The lowest BCUT2D eigenvalue weighted by atomic mass is 9.87. The molecule has 2 amide bonds. The van der Waals surface area contributed by atoms with Crippen molar-refractivity contribution in [2.45, 2.75) is 43.2 Å². The van der Waals surface area contributed by atoms with Crippen LogP contribution in [0.5, 0.6) is 5.88 Å². The van der Waals surface area contributed by atoms with Gasteiger partial charge < -0.3 is 20.3 Å². The maximum atomic E-state index is 14.2. The van der Waals surface area contributed by atoms with Crippen LogP contribution >= 0.6 is 0 Å². The number of carbonyl (C=O) groups is 2. The molecule has 4 heterocycles. The summed E-state index contributed by atoms with van der Waals surface area (Å²) >= 11 is 0. The Hall–Kier alpha value is -3.15. The van der Waals surface area contributed by atoms with Gasteiger partial charge in [0.2, 0.25) is 11.8 Å². The predicted octanol–water partition coefficient (Wildman–Crippen LogP) is 1.73. The number of piperidine rings is 1. The summed E-state index contributed by atoms with van der Waals surface area (Å²) in [6.07, 6.45) is 3.30. The molecule has 2 atom stereocenters. The monoisotopic (exact) mass is 478 g/mol. The third-order valence-electron chi connectivity index (χ3n) is 7.00. The fourth-order valence-corrected chi connectivity index (χ4v) is 4.90. The average Bonchev–Trinajstić information content (AvgIpc) is 3.25. The molecule has 3 aliphatic rings. The zero-order chi connectivity index (χ0) is 24.1. The van der Waals surface area contributed by atoms with Gasteiger partial charge in [0, 0.05) is 36.2 Å². The standard InChI is InChI=1S/C22H25F3N6O3/c1-34-18-6-13(14(23)9-27-18)15-7-16(30-29-15)20(33)31-5-2-12(8-21(31)3-4-21)19(32)28-17-10-26-11-22(17,24)25/h6-7,9,12,17,26H,2-5,8,10-11H2,1H3,(H,28,32)(H,29,30). The second-order valence-electron chi connectivity index (χ2n) is 9.20. The van der Waals surface area contributed by atoms with Crippen molar-refractivity contribution < 1.29 is 27.5 Å². The first-order valence-corrected chi connectivity index (χ1v) is 11.2. The Morgan fingerprint density at radius 3 is 2.76 bits per heavy atom. The Labute approximate surface area is 193 Å². The molecule has 2 aromatic rings. The van der Waals surface area contributed by atoms with Gasteiger partial charge in [-0.3, -0.25) is 14.7 Å². The number of likely N-dealkylation sites (tertiary alicyclic amines) is 1. The Morgan fingerprint density at radius 1 is 1.29 bits per heavy atom. The quantitative estimate of drug-likeness (QED) is 0.604. The van der Waals surface area contributed by atoms with E-state index in [4.69, 9.17) is 4.74 Å². The van der Waals surface area contributed by atoms with Crippen molar-refractivity contribution in [2.24, 2.45) is 5.92 Å². The van der Waals surface area contributed by atoms with Crippen LogP contribution in [0.2, 0.25) is 0 Å². The number of methoxy groups -OCH3 is 1. The van der Waals surface area contributed by atoms with E-state index in [0.717, 1.165) is 19.0 Å². The van der Waals surface area contributed by atoms with Gasteiger partial charge in [0.15, 0.2) is 5.82 Å². The van der Waals surface area contributed by atoms with E-state index in [0.29, 0.717) is 19.4 Å². The first-order chi connectivity index (χ1) is 16.2. The lowest BCUT2D eigenvalue weighted by molar-refractivity contribution is -0.130. The fraction of sp³-hybridized carbons (Fsp3) is 0.545. The minimum atomic E-state index is -2.97. The highest BCUT2D eigenvalue weighted by Gasteiger charge is 2.55. The topological polar surface area (TPSA) is 112 Å². The molecule has 2 saturated heterocycles. The zero-order valence-electron chi connectivity index (χ0n) is 18.5. The van der Waals surface area contributed by atoms with Gasteiger partial charge in [-0.1, -0.05) is 0 Å². The normalized spacial score (nSPS) is 24.8. The molecule has 2 unspecified atom stereocenters. The number of pyridine rings is 1. The summed E-state index contributed by atoms with van der Waals surface area (Å²) in [5.41, 5.74) is 0.129. The van der Waals surface area contributed by atoms with Crippen molar-refractivity contribution in [3.63, 3.8) is 0 Å². The number of H-pyrrole nitrogens is 1. The highest BCUT2D eigenvalue weighted by molar-refractivity contribution is 5.94. The van der Waals surface area contributed by atoms with Crippen molar-refractivity contribution >= 4 is 11.8 Å². The number of hydrogen-bond donors (Lipinski definition) is 3. The van der Waals surface area contributed by atoms with Crippen LogP contribution in [-0.2, 0) is 4.79 Å². The lowest BCUT2D eigenvalue weighted by Crippen LogP contribution is -2.54.